The summed E-state index contributed by atoms with van der Waals surface area (Å²) in [6.45, 7) is 2.32. The van der Waals surface area contributed by atoms with Gasteiger partial charge in [0, 0.05) is 5.56 Å². The van der Waals surface area contributed by atoms with Gasteiger partial charge in [0.05, 0.1) is 5.56 Å². The minimum Gasteiger partial charge on any atom is -0.295 e. The van der Waals surface area contributed by atoms with Crippen molar-refractivity contribution in [1.29, 1.82) is 0 Å². The van der Waals surface area contributed by atoms with Crippen molar-refractivity contribution in [3.05, 3.63) is 34.6 Å². The average Bonchev–Trinajstić information content (AvgIpc) is 2.06. The maximum atomic E-state index is 13.1. The number of carbonyl (C=O) groups is 1. The molecule has 0 saturated heterocycles. The molecule has 0 heterocycles. The van der Waals surface area contributed by atoms with Crippen LogP contribution in [-0.2, 0) is 6.18 Å². The number of halogens is 4. The van der Waals surface area contributed by atoms with Crippen molar-refractivity contribution in [2.45, 2.75) is 20.0 Å². The van der Waals surface area contributed by atoms with E-state index in [-0.39, 0.29) is 11.1 Å². The van der Waals surface area contributed by atoms with Crippen LogP contribution >= 0.6 is 0 Å². The third kappa shape index (κ3) is 2.34. The van der Waals surface area contributed by atoms with Crippen molar-refractivity contribution in [2.75, 3.05) is 0 Å². The topological polar surface area (TPSA) is 17.1 Å². The standard InChI is InChI=1S/C10H8F4O/c1-5-3-7(6(2)15)4-8(9(5)11)10(12,13)14/h3-4H,1-2H3. The lowest BCUT2D eigenvalue weighted by Gasteiger charge is -2.11. The molecule has 5 heteroatoms. The molecule has 0 fully saturated rings. The summed E-state index contributed by atoms with van der Waals surface area (Å²) in [6.07, 6.45) is -4.78. The van der Waals surface area contributed by atoms with Crippen molar-refractivity contribution < 1.29 is 22.4 Å². The second-order valence-electron chi connectivity index (χ2n) is 3.21. The molecule has 0 N–H and O–H groups in total. The Morgan fingerprint density at radius 2 is 1.80 bits per heavy atom. The highest BCUT2D eigenvalue weighted by Gasteiger charge is 2.35. The number of rotatable bonds is 1. The number of hydrogen-bond acceptors (Lipinski definition) is 1. The van der Waals surface area contributed by atoms with Gasteiger partial charge in [-0.1, -0.05) is 0 Å². The molecule has 0 aliphatic carbocycles. The number of carbonyl (C=O) groups excluding carboxylic acids is 1. The lowest BCUT2D eigenvalue weighted by Crippen LogP contribution is -2.11. The highest BCUT2D eigenvalue weighted by Crippen LogP contribution is 2.33. The minimum atomic E-state index is -4.78. The summed E-state index contributed by atoms with van der Waals surface area (Å²) in [4.78, 5) is 10.9. The Bertz CT molecular complexity index is 407. The number of alkyl halides is 3. The van der Waals surface area contributed by atoms with E-state index in [1.165, 1.54) is 6.92 Å². The van der Waals surface area contributed by atoms with Crippen molar-refractivity contribution in [2.24, 2.45) is 0 Å². The molecule has 0 aliphatic rings. The number of benzene rings is 1. The van der Waals surface area contributed by atoms with Crippen LogP contribution in [-0.4, -0.2) is 5.78 Å². The van der Waals surface area contributed by atoms with Crippen LogP contribution in [0.2, 0.25) is 0 Å². The average molecular weight is 220 g/mol. The van der Waals surface area contributed by atoms with Gasteiger partial charge in [-0.25, -0.2) is 4.39 Å². The third-order valence-electron chi connectivity index (χ3n) is 1.97. The third-order valence-corrected chi connectivity index (χ3v) is 1.97. The first-order valence-electron chi connectivity index (χ1n) is 4.11. The highest BCUT2D eigenvalue weighted by atomic mass is 19.4. The SMILES string of the molecule is CC(=O)c1cc(C)c(F)c(C(F)(F)F)c1. The maximum absolute atomic E-state index is 13.1. The Balaban J connectivity index is 3.45. The van der Waals surface area contributed by atoms with Gasteiger partial charge in [0.1, 0.15) is 5.82 Å². The quantitative estimate of drug-likeness (QED) is 0.524. The molecule has 15 heavy (non-hydrogen) atoms. The summed E-state index contributed by atoms with van der Waals surface area (Å²) in [5, 5.41) is 0. The summed E-state index contributed by atoms with van der Waals surface area (Å²) >= 11 is 0. The van der Waals surface area contributed by atoms with E-state index in [0.717, 1.165) is 13.0 Å². The van der Waals surface area contributed by atoms with Crippen molar-refractivity contribution in [1.82, 2.24) is 0 Å². The molecule has 0 spiro atoms. The van der Waals surface area contributed by atoms with Crippen molar-refractivity contribution >= 4 is 5.78 Å². The molecule has 0 aliphatic heterocycles. The fourth-order valence-corrected chi connectivity index (χ4v) is 1.18. The maximum Gasteiger partial charge on any atom is 0.419 e. The first-order chi connectivity index (χ1) is 6.73. The van der Waals surface area contributed by atoms with Gasteiger partial charge < -0.3 is 0 Å². The van der Waals surface area contributed by atoms with Crippen LogP contribution in [0.4, 0.5) is 17.6 Å². The Kier molecular flexibility index (Phi) is 2.83. The Hall–Kier alpha value is -1.39. The van der Waals surface area contributed by atoms with Gasteiger partial charge >= 0.3 is 6.18 Å². The van der Waals surface area contributed by atoms with E-state index in [9.17, 15) is 22.4 Å². The predicted molar refractivity (Wildman–Crippen MR) is 46.1 cm³/mol. The monoisotopic (exact) mass is 220 g/mol. The molecule has 1 aromatic rings. The number of ketones is 1. The summed E-state index contributed by atoms with van der Waals surface area (Å²) in [5.74, 6) is -1.85. The summed E-state index contributed by atoms with van der Waals surface area (Å²) in [7, 11) is 0. The van der Waals surface area contributed by atoms with E-state index in [1.807, 2.05) is 0 Å². The van der Waals surface area contributed by atoms with Crippen LogP contribution in [0, 0.1) is 12.7 Å². The molecule has 0 saturated carbocycles. The zero-order valence-corrected chi connectivity index (χ0v) is 8.07. The lowest BCUT2D eigenvalue weighted by atomic mass is 10.0. The number of hydrogen-bond donors (Lipinski definition) is 0. The van der Waals surface area contributed by atoms with Gasteiger partial charge in [-0.3, -0.25) is 4.79 Å². The van der Waals surface area contributed by atoms with E-state index in [2.05, 4.69) is 0 Å². The van der Waals surface area contributed by atoms with Gasteiger partial charge in [-0.2, -0.15) is 13.2 Å². The molecule has 0 amide bonds. The van der Waals surface area contributed by atoms with Crippen LogP contribution in [0.15, 0.2) is 12.1 Å². The largest absolute Gasteiger partial charge is 0.419 e. The summed E-state index contributed by atoms with van der Waals surface area (Å²) in [5.41, 5.74) is -1.72. The molecule has 0 atom stereocenters. The van der Waals surface area contributed by atoms with Crippen molar-refractivity contribution in [3.63, 3.8) is 0 Å². The van der Waals surface area contributed by atoms with Crippen LogP contribution in [0.5, 0.6) is 0 Å². The zero-order chi connectivity index (χ0) is 11.8. The highest BCUT2D eigenvalue weighted by molar-refractivity contribution is 5.94. The molecule has 1 aromatic carbocycles. The molecule has 0 bridgehead atoms. The minimum absolute atomic E-state index is 0.138. The first kappa shape index (κ1) is 11.7. The zero-order valence-electron chi connectivity index (χ0n) is 8.07. The second-order valence-corrected chi connectivity index (χ2v) is 3.21. The van der Waals surface area contributed by atoms with E-state index < -0.39 is 23.3 Å². The van der Waals surface area contributed by atoms with E-state index in [4.69, 9.17) is 0 Å². The molecule has 0 unspecified atom stereocenters. The van der Waals surface area contributed by atoms with Crippen LogP contribution in [0.25, 0.3) is 0 Å². The number of Topliss-reactive ketones (excluding diaryl/α,β-unsaturated/α-hetero) is 1. The van der Waals surface area contributed by atoms with E-state index >= 15 is 0 Å². The van der Waals surface area contributed by atoms with Gasteiger partial charge in [0.25, 0.3) is 0 Å². The Labute approximate surface area is 83.7 Å². The predicted octanol–water partition coefficient (Wildman–Crippen LogP) is 3.36. The fraction of sp³-hybridized carbons (Fsp3) is 0.300. The molecule has 82 valence electrons. The fourth-order valence-electron chi connectivity index (χ4n) is 1.18. The van der Waals surface area contributed by atoms with Crippen LogP contribution in [0.1, 0.15) is 28.4 Å². The van der Waals surface area contributed by atoms with Crippen LogP contribution < -0.4 is 0 Å². The second kappa shape index (κ2) is 3.64. The Morgan fingerprint density at radius 1 is 1.27 bits per heavy atom. The Morgan fingerprint density at radius 3 is 2.20 bits per heavy atom. The summed E-state index contributed by atoms with van der Waals surface area (Å²) in [6, 6.07) is 1.64. The smallest absolute Gasteiger partial charge is 0.295 e. The number of aryl methyl sites for hydroxylation is 1. The van der Waals surface area contributed by atoms with Gasteiger partial charge in [-0.05, 0) is 31.5 Å². The molecule has 1 rings (SSSR count). The molecule has 0 aromatic heterocycles. The molecule has 0 radical (unpaired) electrons. The molecule has 1 nitrogen and oxygen atoms in total. The lowest BCUT2D eigenvalue weighted by molar-refractivity contribution is -0.140. The van der Waals surface area contributed by atoms with Crippen LogP contribution in [0.3, 0.4) is 0 Å². The normalized spacial score (nSPS) is 11.6. The first-order valence-corrected chi connectivity index (χ1v) is 4.11. The van der Waals surface area contributed by atoms with Gasteiger partial charge in [-0.15, -0.1) is 0 Å². The van der Waals surface area contributed by atoms with Gasteiger partial charge in [0.15, 0.2) is 5.78 Å². The van der Waals surface area contributed by atoms with E-state index in [1.54, 1.807) is 0 Å². The van der Waals surface area contributed by atoms with Gasteiger partial charge in [0.2, 0.25) is 0 Å². The molecular weight excluding hydrogens is 212 g/mol. The van der Waals surface area contributed by atoms with Crippen molar-refractivity contribution in [3.8, 4) is 0 Å². The summed E-state index contributed by atoms with van der Waals surface area (Å²) < 4.78 is 50.1. The molecular formula is C10H8F4O. The van der Waals surface area contributed by atoms with E-state index in [0.29, 0.717) is 6.07 Å².